The first-order valence-electron chi connectivity index (χ1n) is 10.2. The van der Waals surface area contributed by atoms with Crippen LogP contribution in [-0.2, 0) is 16.0 Å². The van der Waals surface area contributed by atoms with E-state index in [4.69, 9.17) is 16.6 Å². The third-order valence-corrected chi connectivity index (χ3v) is 5.65. The van der Waals surface area contributed by atoms with Gasteiger partial charge in [0, 0.05) is 5.56 Å². The highest BCUT2D eigenvalue weighted by Crippen LogP contribution is 2.27. The number of benzene rings is 2. The highest BCUT2D eigenvalue weighted by molar-refractivity contribution is 7.80. The summed E-state index contributed by atoms with van der Waals surface area (Å²) in [6.07, 6.45) is 2.21. The van der Waals surface area contributed by atoms with Gasteiger partial charge >= 0.3 is 5.97 Å². The van der Waals surface area contributed by atoms with Crippen molar-refractivity contribution in [3.63, 3.8) is 0 Å². The molecule has 0 bridgehead atoms. The molecule has 166 valence electrons. The van der Waals surface area contributed by atoms with Crippen LogP contribution in [0.25, 0.3) is 17.4 Å². The van der Waals surface area contributed by atoms with E-state index in [1.54, 1.807) is 43.3 Å². The topological polar surface area (TPSA) is 99.8 Å². The van der Waals surface area contributed by atoms with E-state index < -0.39 is 17.8 Å². The van der Waals surface area contributed by atoms with Gasteiger partial charge < -0.3 is 9.52 Å². The maximum Gasteiger partial charge on any atom is 0.335 e. The fraction of sp³-hybridized carbons (Fsp3) is 0.120. The van der Waals surface area contributed by atoms with Crippen molar-refractivity contribution >= 4 is 46.9 Å². The summed E-state index contributed by atoms with van der Waals surface area (Å²) in [7, 11) is 0. The van der Waals surface area contributed by atoms with Gasteiger partial charge in [-0.1, -0.05) is 31.2 Å². The molecule has 1 aliphatic rings. The number of aryl methyl sites for hydroxylation is 2. The smallest absolute Gasteiger partial charge is 0.335 e. The summed E-state index contributed by atoms with van der Waals surface area (Å²) >= 11 is 5.23. The number of nitrogens with one attached hydrogen (secondary N) is 1. The molecule has 1 fully saturated rings. The van der Waals surface area contributed by atoms with E-state index in [9.17, 15) is 19.5 Å². The van der Waals surface area contributed by atoms with E-state index in [0.29, 0.717) is 22.6 Å². The second-order valence-electron chi connectivity index (χ2n) is 7.51. The number of aromatic carboxylic acids is 1. The molecule has 1 aromatic heterocycles. The van der Waals surface area contributed by atoms with Crippen molar-refractivity contribution in [2.45, 2.75) is 20.3 Å². The number of carbonyl (C=O) groups is 3. The van der Waals surface area contributed by atoms with Crippen LogP contribution in [-0.4, -0.2) is 28.0 Å². The van der Waals surface area contributed by atoms with E-state index >= 15 is 0 Å². The van der Waals surface area contributed by atoms with Gasteiger partial charge in [0.2, 0.25) is 0 Å². The van der Waals surface area contributed by atoms with Crippen LogP contribution in [0.4, 0.5) is 5.69 Å². The normalized spacial score (nSPS) is 15.2. The average Bonchev–Trinajstić information content (AvgIpc) is 3.26. The molecule has 0 saturated carbocycles. The summed E-state index contributed by atoms with van der Waals surface area (Å²) in [5.74, 6) is -1.52. The number of furan rings is 1. The summed E-state index contributed by atoms with van der Waals surface area (Å²) < 4.78 is 5.79. The Bertz CT molecular complexity index is 1320. The monoisotopic (exact) mass is 460 g/mol. The zero-order chi connectivity index (χ0) is 23.7. The van der Waals surface area contributed by atoms with Crippen molar-refractivity contribution in [2.75, 3.05) is 4.90 Å². The van der Waals surface area contributed by atoms with Gasteiger partial charge in [0.15, 0.2) is 5.11 Å². The summed E-state index contributed by atoms with van der Waals surface area (Å²) in [5.41, 5.74) is 2.91. The Morgan fingerprint density at radius 1 is 1.12 bits per heavy atom. The van der Waals surface area contributed by atoms with Crippen LogP contribution in [0, 0.1) is 6.92 Å². The molecule has 2 N–H and O–H groups in total. The molecule has 4 rings (SSSR count). The van der Waals surface area contributed by atoms with Gasteiger partial charge in [-0.25, -0.2) is 4.79 Å². The first-order valence-corrected chi connectivity index (χ1v) is 10.6. The molecule has 0 atom stereocenters. The zero-order valence-electron chi connectivity index (χ0n) is 17.9. The standard InChI is InChI=1S/C25H20N2O5S/c1-3-15-5-8-17(9-6-15)27-23(29)20(22(28)26-25(27)33)13-18-10-11-21(32-18)16-7-4-14(2)19(12-16)24(30)31/h4-13H,3H2,1-2H3,(H,30,31)(H,26,28,33)/b20-13+. The minimum atomic E-state index is -1.03. The molecule has 2 heterocycles. The van der Waals surface area contributed by atoms with Crippen LogP contribution in [0.5, 0.6) is 0 Å². The van der Waals surface area contributed by atoms with Crippen molar-refractivity contribution < 1.29 is 23.9 Å². The molecule has 1 saturated heterocycles. The van der Waals surface area contributed by atoms with Crippen molar-refractivity contribution in [3.05, 3.63) is 82.6 Å². The number of carbonyl (C=O) groups excluding carboxylic acids is 2. The predicted molar refractivity (Wildman–Crippen MR) is 128 cm³/mol. The molecule has 8 heteroatoms. The second-order valence-corrected chi connectivity index (χ2v) is 7.90. The molecule has 33 heavy (non-hydrogen) atoms. The van der Waals surface area contributed by atoms with Crippen LogP contribution < -0.4 is 10.2 Å². The Morgan fingerprint density at radius 2 is 1.85 bits per heavy atom. The number of thiocarbonyl (C=S) groups is 1. The SMILES string of the molecule is CCc1ccc(N2C(=O)/C(=C/c3ccc(-c4ccc(C)c(C(=O)O)c4)o3)C(=O)NC2=S)cc1. The largest absolute Gasteiger partial charge is 0.478 e. The Labute approximate surface area is 195 Å². The zero-order valence-corrected chi connectivity index (χ0v) is 18.7. The number of anilines is 1. The second kappa shape index (κ2) is 8.84. The van der Waals surface area contributed by atoms with Crippen molar-refractivity contribution in [1.82, 2.24) is 5.32 Å². The highest BCUT2D eigenvalue weighted by Gasteiger charge is 2.34. The number of hydrogen-bond donors (Lipinski definition) is 2. The lowest BCUT2D eigenvalue weighted by Gasteiger charge is -2.28. The molecular weight excluding hydrogens is 440 g/mol. The lowest BCUT2D eigenvalue weighted by molar-refractivity contribution is -0.122. The molecule has 0 spiro atoms. The van der Waals surface area contributed by atoms with Gasteiger partial charge in [0.1, 0.15) is 17.1 Å². The fourth-order valence-corrected chi connectivity index (χ4v) is 3.79. The molecule has 0 aliphatic carbocycles. The molecule has 2 aromatic carbocycles. The van der Waals surface area contributed by atoms with Crippen LogP contribution in [0.2, 0.25) is 0 Å². The number of carboxylic acids is 1. The minimum absolute atomic E-state index is 0.00684. The van der Waals surface area contributed by atoms with Gasteiger partial charge in [0.05, 0.1) is 11.3 Å². The Morgan fingerprint density at radius 3 is 2.52 bits per heavy atom. The number of nitrogens with zero attached hydrogens (tertiary/aromatic N) is 1. The third-order valence-electron chi connectivity index (χ3n) is 5.37. The maximum atomic E-state index is 13.1. The number of carboxylic acid groups (broad SMARTS) is 1. The number of hydrogen-bond acceptors (Lipinski definition) is 5. The third kappa shape index (κ3) is 4.33. The van der Waals surface area contributed by atoms with Crippen LogP contribution in [0.1, 0.15) is 34.2 Å². The molecule has 1 aliphatic heterocycles. The van der Waals surface area contributed by atoms with Gasteiger partial charge in [-0.2, -0.15) is 0 Å². The van der Waals surface area contributed by atoms with E-state index in [2.05, 4.69) is 5.32 Å². The van der Waals surface area contributed by atoms with Gasteiger partial charge in [-0.3, -0.25) is 19.8 Å². The Balaban J connectivity index is 1.66. The first kappa shape index (κ1) is 22.2. The average molecular weight is 461 g/mol. The lowest BCUT2D eigenvalue weighted by atomic mass is 10.0. The van der Waals surface area contributed by atoms with E-state index in [0.717, 1.165) is 12.0 Å². The molecule has 2 amide bonds. The Kier molecular flexibility index (Phi) is 5.93. The number of rotatable bonds is 5. The van der Waals surface area contributed by atoms with Gasteiger partial charge in [0.25, 0.3) is 11.8 Å². The van der Waals surface area contributed by atoms with Crippen LogP contribution >= 0.6 is 12.2 Å². The highest BCUT2D eigenvalue weighted by atomic mass is 32.1. The Hall–Kier alpha value is -4.04. The van der Waals surface area contributed by atoms with Crippen LogP contribution in [0.15, 0.2) is 64.6 Å². The fourth-order valence-electron chi connectivity index (χ4n) is 3.51. The first-order chi connectivity index (χ1) is 15.8. The summed E-state index contributed by atoms with van der Waals surface area (Å²) in [5, 5.41) is 11.9. The van der Waals surface area contributed by atoms with E-state index in [1.165, 1.54) is 17.0 Å². The van der Waals surface area contributed by atoms with Gasteiger partial charge in [-0.15, -0.1) is 0 Å². The lowest BCUT2D eigenvalue weighted by Crippen LogP contribution is -2.54. The van der Waals surface area contributed by atoms with E-state index in [1.807, 2.05) is 19.1 Å². The summed E-state index contributed by atoms with van der Waals surface area (Å²) in [4.78, 5) is 38.3. The maximum absolute atomic E-state index is 13.1. The number of amides is 2. The molecular formula is C25H20N2O5S. The summed E-state index contributed by atoms with van der Waals surface area (Å²) in [6, 6.07) is 15.6. The molecule has 3 aromatic rings. The van der Waals surface area contributed by atoms with Crippen molar-refractivity contribution in [3.8, 4) is 11.3 Å². The predicted octanol–water partition coefficient (Wildman–Crippen LogP) is 4.35. The van der Waals surface area contributed by atoms with Crippen molar-refractivity contribution in [1.29, 1.82) is 0 Å². The molecule has 0 radical (unpaired) electrons. The molecule has 7 nitrogen and oxygen atoms in total. The van der Waals surface area contributed by atoms with Gasteiger partial charge in [-0.05, 0) is 73.1 Å². The minimum Gasteiger partial charge on any atom is -0.478 e. The molecule has 0 unspecified atom stereocenters. The van der Waals surface area contributed by atoms with Crippen LogP contribution in [0.3, 0.4) is 0 Å². The quantitative estimate of drug-likeness (QED) is 0.334. The van der Waals surface area contributed by atoms with E-state index in [-0.39, 0.29) is 22.0 Å². The summed E-state index contributed by atoms with van der Waals surface area (Å²) in [6.45, 7) is 3.74. The van der Waals surface area contributed by atoms with Crippen molar-refractivity contribution in [2.24, 2.45) is 0 Å².